The molecule has 0 bridgehead atoms. The van der Waals surface area contributed by atoms with E-state index >= 15 is 0 Å². The predicted molar refractivity (Wildman–Crippen MR) is 119 cm³/mol. The lowest BCUT2D eigenvalue weighted by molar-refractivity contribution is -0.125. The molecule has 0 radical (unpaired) electrons. The van der Waals surface area contributed by atoms with Crippen LogP contribution < -0.4 is 25.4 Å². The zero-order valence-corrected chi connectivity index (χ0v) is 17.3. The van der Waals surface area contributed by atoms with E-state index in [2.05, 4.69) is 20.9 Å². The number of amides is 3. The summed E-state index contributed by atoms with van der Waals surface area (Å²) in [5.41, 5.74) is 1.28. The van der Waals surface area contributed by atoms with Crippen LogP contribution >= 0.6 is 0 Å². The van der Waals surface area contributed by atoms with Gasteiger partial charge in [-0.3, -0.25) is 19.4 Å². The van der Waals surface area contributed by atoms with Gasteiger partial charge in [-0.2, -0.15) is 0 Å². The zero-order chi connectivity index (χ0) is 22.8. The highest BCUT2D eigenvalue weighted by Gasteiger charge is 2.12. The van der Waals surface area contributed by atoms with Gasteiger partial charge >= 0.3 is 0 Å². The average Bonchev–Trinajstić information content (AvgIpc) is 2.83. The van der Waals surface area contributed by atoms with Crippen LogP contribution in [0.1, 0.15) is 10.4 Å². The number of hydrogen-bond donors (Lipinski definition) is 3. The first-order valence-corrected chi connectivity index (χ1v) is 9.69. The number of rotatable bonds is 9. The normalized spacial score (nSPS) is 10.0. The molecule has 3 amide bonds. The highest BCUT2D eigenvalue weighted by molar-refractivity contribution is 6.05. The monoisotopic (exact) mass is 434 g/mol. The summed E-state index contributed by atoms with van der Waals surface area (Å²) < 4.78 is 10.6. The van der Waals surface area contributed by atoms with Crippen LogP contribution in [-0.2, 0) is 9.59 Å². The number of nitrogens with zero attached hydrogens (tertiary/aromatic N) is 1. The van der Waals surface area contributed by atoms with Gasteiger partial charge in [0.05, 0.1) is 24.9 Å². The fourth-order valence-corrected chi connectivity index (χ4v) is 2.66. The van der Waals surface area contributed by atoms with Gasteiger partial charge in [-0.1, -0.05) is 18.2 Å². The summed E-state index contributed by atoms with van der Waals surface area (Å²) in [7, 11) is 1.45. The van der Waals surface area contributed by atoms with E-state index in [9.17, 15) is 14.4 Å². The van der Waals surface area contributed by atoms with E-state index in [1.807, 2.05) is 6.07 Å². The van der Waals surface area contributed by atoms with Crippen LogP contribution in [0.15, 0.2) is 73.1 Å². The van der Waals surface area contributed by atoms with Crippen molar-refractivity contribution in [1.82, 2.24) is 10.3 Å². The molecular weight excluding hydrogens is 412 g/mol. The molecule has 3 N–H and O–H groups in total. The van der Waals surface area contributed by atoms with Crippen molar-refractivity contribution in [2.75, 3.05) is 30.9 Å². The predicted octanol–water partition coefficient (Wildman–Crippen LogP) is 2.48. The third kappa shape index (κ3) is 6.56. The van der Waals surface area contributed by atoms with E-state index < -0.39 is 11.8 Å². The van der Waals surface area contributed by atoms with Crippen LogP contribution in [0.25, 0.3) is 0 Å². The standard InChI is InChI=1S/C23H22N4O5/c1-31-20-12-17(9-10-19(20)27-23(30)16-6-5-11-24-13-16)26-21(28)14-25-22(29)15-32-18-7-3-2-4-8-18/h2-13H,14-15H2,1H3,(H,25,29)(H,26,28)(H,27,30). The van der Waals surface area contributed by atoms with Crippen LogP contribution in [0.4, 0.5) is 11.4 Å². The van der Waals surface area contributed by atoms with Crippen molar-refractivity contribution in [2.45, 2.75) is 0 Å². The molecule has 0 saturated heterocycles. The SMILES string of the molecule is COc1cc(NC(=O)CNC(=O)COc2ccccc2)ccc1NC(=O)c1cccnc1. The number of pyridine rings is 1. The Labute approximate surface area is 184 Å². The van der Waals surface area contributed by atoms with Crippen LogP contribution in [-0.4, -0.2) is 43.0 Å². The summed E-state index contributed by atoms with van der Waals surface area (Å²) >= 11 is 0. The van der Waals surface area contributed by atoms with Crippen molar-refractivity contribution < 1.29 is 23.9 Å². The Hall–Kier alpha value is -4.40. The Morgan fingerprint density at radius 3 is 2.47 bits per heavy atom. The molecule has 1 heterocycles. The summed E-state index contributed by atoms with van der Waals surface area (Å²) in [4.78, 5) is 40.2. The molecule has 3 aromatic rings. The summed E-state index contributed by atoms with van der Waals surface area (Å²) in [5, 5.41) is 7.89. The molecule has 0 spiro atoms. The summed E-state index contributed by atoms with van der Waals surface area (Å²) in [6.07, 6.45) is 3.03. The minimum atomic E-state index is -0.424. The number of nitrogens with one attached hydrogen (secondary N) is 3. The van der Waals surface area contributed by atoms with Gasteiger partial charge in [0, 0.05) is 24.1 Å². The van der Waals surface area contributed by atoms with E-state index in [4.69, 9.17) is 9.47 Å². The van der Waals surface area contributed by atoms with Crippen LogP contribution in [0.2, 0.25) is 0 Å². The van der Waals surface area contributed by atoms with Gasteiger partial charge in [0.2, 0.25) is 5.91 Å². The topological polar surface area (TPSA) is 119 Å². The molecule has 3 rings (SSSR count). The molecule has 0 aliphatic rings. The highest BCUT2D eigenvalue weighted by Crippen LogP contribution is 2.28. The molecule has 0 atom stereocenters. The fraction of sp³-hybridized carbons (Fsp3) is 0.130. The van der Waals surface area contributed by atoms with Gasteiger partial charge < -0.3 is 25.4 Å². The molecule has 9 heteroatoms. The number of ether oxygens (including phenoxy) is 2. The number of para-hydroxylation sites is 1. The lowest BCUT2D eigenvalue weighted by Gasteiger charge is -2.13. The third-order valence-electron chi connectivity index (χ3n) is 4.22. The molecule has 164 valence electrons. The zero-order valence-electron chi connectivity index (χ0n) is 17.3. The van der Waals surface area contributed by atoms with Crippen molar-refractivity contribution in [3.8, 4) is 11.5 Å². The minimum Gasteiger partial charge on any atom is -0.494 e. The lowest BCUT2D eigenvalue weighted by atomic mass is 10.2. The molecule has 2 aromatic carbocycles. The Balaban J connectivity index is 1.50. The van der Waals surface area contributed by atoms with Gasteiger partial charge in [-0.15, -0.1) is 0 Å². The molecule has 1 aromatic heterocycles. The van der Waals surface area contributed by atoms with Gasteiger partial charge in [0.1, 0.15) is 11.5 Å². The van der Waals surface area contributed by atoms with Crippen LogP contribution in [0, 0.1) is 0 Å². The number of aromatic nitrogens is 1. The van der Waals surface area contributed by atoms with Gasteiger partial charge in [-0.05, 0) is 36.4 Å². The quantitative estimate of drug-likeness (QED) is 0.476. The first kappa shape index (κ1) is 22.3. The Morgan fingerprint density at radius 2 is 1.75 bits per heavy atom. The van der Waals surface area contributed by atoms with Crippen LogP contribution in [0.3, 0.4) is 0 Å². The van der Waals surface area contributed by atoms with E-state index in [0.717, 1.165) is 0 Å². The number of anilines is 2. The first-order valence-electron chi connectivity index (χ1n) is 9.69. The number of carbonyl (C=O) groups is 3. The minimum absolute atomic E-state index is 0.198. The summed E-state index contributed by atoms with van der Waals surface area (Å²) in [6.45, 7) is -0.421. The second-order valence-corrected chi connectivity index (χ2v) is 6.54. The molecule has 0 unspecified atom stereocenters. The Kier molecular flexibility index (Phi) is 7.74. The van der Waals surface area contributed by atoms with E-state index in [1.54, 1.807) is 60.8 Å². The van der Waals surface area contributed by atoms with Gasteiger partial charge in [-0.25, -0.2) is 0 Å². The maximum atomic E-state index is 12.3. The molecule has 0 saturated carbocycles. The summed E-state index contributed by atoms with van der Waals surface area (Å²) in [6, 6.07) is 17.0. The lowest BCUT2D eigenvalue weighted by Crippen LogP contribution is -2.35. The maximum Gasteiger partial charge on any atom is 0.258 e. The third-order valence-corrected chi connectivity index (χ3v) is 4.22. The van der Waals surface area contributed by atoms with Crippen molar-refractivity contribution >= 4 is 29.1 Å². The largest absolute Gasteiger partial charge is 0.494 e. The molecule has 0 fully saturated rings. The molecule has 0 aliphatic heterocycles. The van der Waals surface area contributed by atoms with Crippen molar-refractivity contribution in [3.05, 3.63) is 78.6 Å². The second-order valence-electron chi connectivity index (χ2n) is 6.54. The number of hydrogen-bond acceptors (Lipinski definition) is 6. The van der Waals surface area contributed by atoms with E-state index in [0.29, 0.717) is 28.4 Å². The maximum absolute atomic E-state index is 12.3. The highest BCUT2D eigenvalue weighted by atomic mass is 16.5. The first-order chi connectivity index (χ1) is 15.5. The smallest absolute Gasteiger partial charge is 0.258 e. The molecule has 32 heavy (non-hydrogen) atoms. The Bertz CT molecular complexity index is 1070. The molecular formula is C23H22N4O5. The van der Waals surface area contributed by atoms with Crippen molar-refractivity contribution in [3.63, 3.8) is 0 Å². The molecule has 0 aliphatic carbocycles. The van der Waals surface area contributed by atoms with Crippen molar-refractivity contribution in [1.29, 1.82) is 0 Å². The summed E-state index contributed by atoms with van der Waals surface area (Å²) in [5.74, 6) is -0.258. The number of carbonyl (C=O) groups excluding carboxylic acids is 3. The molecule has 9 nitrogen and oxygen atoms in total. The second kappa shape index (κ2) is 11.1. The number of benzene rings is 2. The Morgan fingerprint density at radius 1 is 0.938 bits per heavy atom. The van der Waals surface area contributed by atoms with E-state index in [1.165, 1.54) is 13.3 Å². The fourth-order valence-electron chi connectivity index (χ4n) is 2.66. The van der Waals surface area contributed by atoms with Crippen LogP contribution in [0.5, 0.6) is 11.5 Å². The van der Waals surface area contributed by atoms with E-state index in [-0.39, 0.29) is 19.1 Å². The van der Waals surface area contributed by atoms with Gasteiger partial charge in [0.25, 0.3) is 11.8 Å². The average molecular weight is 434 g/mol. The van der Waals surface area contributed by atoms with Gasteiger partial charge in [0.15, 0.2) is 6.61 Å². The van der Waals surface area contributed by atoms with Crippen molar-refractivity contribution in [2.24, 2.45) is 0 Å². The number of methoxy groups -OCH3 is 1.